The zero-order valence-corrected chi connectivity index (χ0v) is 16.8. The molecule has 0 spiro atoms. The third-order valence-electron chi connectivity index (χ3n) is 5.69. The molecule has 1 unspecified atom stereocenters. The van der Waals surface area contributed by atoms with Crippen molar-refractivity contribution < 1.29 is 14.3 Å². The van der Waals surface area contributed by atoms with Crippen molar-refractivity contribution in [3.05, 3.63) is 65.7 Å². The number of benzene rings is 2. The lowest BCUT2D eigenvalue weighted by Gasteiger charge is -2.31. The standard InChI is InChI=1S/C24H29NO3/c1-3-18(2)21-11-7-8-12-22(21)28-17-23(26)25-15-13-20(14-16-25)24(27)19-9-5-4-6-10-19/h4-12,18,20H,3,13-17H2,1-2H3. The molecule has 1 aliphatic rings. The van der Waals surface area contributed by atoms with E-state index in [9.17, 15) is 9.59 Å². The van der Waals surface area contributed by atoms with Gasteiger partial charge in [-0.05, 0) is 36.8 Å². The molecule has 3 rings (SSSR count). The van der Waals surface area contributed by atoms with Crippen LogP contribution in [-0.4, -0.2) is 36.3 Å². The SMILES string of the molecule is CCC(C)c1ccccc1OCC(=O)N1CCC(C(=O)c2ccccc2)CC1. The summed E-state index contributed by atoms with van der Waals surface area (Å²) in [5.41, 5.74) is 1.90. The Kier molecular flexibility index (Phi) is 6.85. The number of hydrogen-bond donors (Lipinski definition) is 0. The fourth-order valence-corrected chi connectivity index (χ4v) is 3.70. The molecule has 0 radical (unpaired) electrons. The number of rotatable bonds is 7. The molecular formula is C24H29NO3. The summed E-state index contributed by atoms with van der Waals surface area (Å²) in [5.74, 6) is 1.36. The van der Waals surface area contributed by atoms with Crippen LogP contribution in [-0.2, 0) is 4.79 Å². The van der Waals surface area contributed by atoms with E-state index < -0.39 is 0 Å². The highest BCUT2D eigenvalue weighted by Crippen LogP contribution is 2.28. The first kappa shape index (κ1) is 20.1. The number of nitrogens with zero attached hydrogens (tertiary/aromatic N) is 1. The number of piperidine rings is 1. The number of carbonyl (C=O) groups excluding carboxylic acids is 2. The highest BCUT2D eigenvalue weighted by Gasteiger charge is 2.28. The quantitative estimate of drug-likeness (QED) is 0.655. The first-order valence-electron chi connectivity index (χ1n) is 10.2. The zero-order chi connectivity index (χ0) is 19.9. The summed E-state index contributed by atoms with van der Waals surface area (Å²) >= 11 is 0. The Hall–Kier alpha value is -2.62. The van der Waals surface area contributed by atoms with Gasteiger partial charge in [-0.1, -0.05) is 62.4 Å². The van der Waals surface area contributed by atoms with Gasteiger partial charge in [0.1, 0.15) is 5.75 Å². The van der Waals surface area contributed by atoms with Crippen molar-refractivity contribution in [3.63, 3.8) is 0 Å². The molecule has 0 aromatic heterocycles. The number of likely N-dealkylation sites (tertiary alicyclic amines) is 1. The average molecular weight is 380 g/mol. The maximum absolute atomic E-state index is 12.6. The Morgan fingerprint density at radius 1 is 1.04 bits per heavy atom. The predicted molar refractivity (Wildman–Crippen MR) is 111 cm³/mol. The van der Waals surface area contributed by atoms with Crippen LogP contribution in [0.15, 0.2) is 54.6 Å². The van der Waals surface area contributed by atoms with Gasteiger partial charge in [0.25, 0.3) is 5.91 Å². The summed E-state index contributed by atoms with van der Waals surface area (Å²) in [5, 5.41) is 0. The lowest BCUT2D eigenvalue weighted by molar-refractivity contribution is -0.134. The summed E-state index contributed by atoms with van der Waals surface area (Å²) in [6.07, 6.45) is 2.45. The number of hydrogen-bond acceptors (Lipinski definition) is 3. The van der Waals surface area contributed by atoms with E-state index in [1.807, 2.05) is 53.4 Å². The second-order valence-electron chi connectivity index (χ2n) is 7.52. The lowest BCUT2D eigenvalue weighted by atomic mass is 9.89. The molecule has 2 aromatic carbocycles. The molecule has 1 saturated heterocycles. The van der Waals surface area contributed by atoms with Gasteiger partial charge in [0.2, 0.25) is 0 Å². The molecule has 1 atom stereocenters. The number of Topliss-reactive ketones (excluding diaryl/α,β-unsaturated/α-hetero) is 1. The molecule has 4 heteroatoms. The van der Waals surface area contributed by atoms with Gasteiger partial charge in [0.05, 0.1) is 0 Å². The number of carbonyl (C=O) groups is 2. The van der Waals surface area contributed by atoms with Gasteiger partial charge < -0.3 is 9.64 Å². The van der Waals surface area contributed by atoms with E-state index >= 15 is 0 Å². The fourth-order valence-electron chi connectivity index (χ4n) is 3.70. The van der Waals surface area contributed by atoms with Crippen molar-refractivity contribution in [2.45, 2.75) is 39.0 Å². The molecule has 1 fully saturated rings. The van der Waals surface area contributed by atoms with Crippen LogP contribution in [0.4, 0.5) is 0 Å². The lowest BCUT2D eigenvalue weighted by Crippen LogP contribution is -2.42. The third-order valence-corrected chi connectivity index (χ3v) is 5.69. The van der Waals surface area contributed by atoms with E-state index in [2.05, 4.69) is 19.9 Å². The number of ketones is 1. The van der Waals surface area contributed by atoms with Gasteiger partial charge >= 0.3 is 0 Å². The third kappa shape index (κ3) is 4.80. The summed E-state index contributed by atoms with van der Waals surface area (Å²) < 4.78 is 5.86. The Morgan fingerprint density at radius 3 is 2.36 bits per heavy atom. The van der Waals surface area contributed by atoms with Crippen molar-refractivity contribution in [3.8, 4) is 5.75 Å². The van der Waals surface area contributed by atoms with E-state index in [1.54, 1.807) is 0 Å². The van der Waals surface area contributed by atoms with Crippen LogP contribution in [0.25, 0.3) is 0 Å². The summed E-state index contributed by atoms with van der Waals surface area (Å²) in [6, 6.07) is 17.4. The maximum Gasteiger partial charge on any atom is 0.260 e. The van der Waals surface area contributed by atoms with Crippen molar-refractivity contribution in [1.29, 1.82) is 0 Å². The largest absolute Gasteiger partial charge is 0.483 e. The Bertz CT molecular complexity index is 795. The molecule has 1 aliphatic heterocycles. The molecule has 148 valence electrons. The van der Waals surface area contributed by atoms with E-state index in [0.29, 0.717) is 31.8 Å². The van der Waals surface area contributed by atoms with E-state index in [0.717, 1.165) is 23.3 Å². The second-order valence-corrected chi connectivity index (χ2v) is 7.52. The second kappa shape index (κ2) is 9.54. The molecule has 0 aliphatic carbocycles. The van der Waals surface area contributed by atoms with Crippen LogP contribution < -0.4 is 4.74 Å². The zero-order valence-electron chi connectivity index (χ0n) is 16.8. The first-order valence-corrected chi connectivity index (χ1v) is 10.2. The molecule has 0 bridgehead atoms. The predicted octanol–water partition coefficient (Wildman–Crippen LogP) is 4.70. The molecule has 1 heterocycles. The van der Waals surface area contributed by atoms with E-state index in [-0.39, 0.29) is 24.2 Å². The molecule has 0 N–H and O–H groups in total. The van der Waals surface area contributed by atoms with Gasteiger partial charge in [0.15, 0.2) is 12.4 Å². The van der Waals surface area contributed by atoms with Crippen molar-refractivity contribution in [1.82, 2.24) is 4.90 Å². The van der Waals surface area contributed by atoms with Crippen LogP contribution in [0.5, 0.6) is 5.75 Å². The molecule has 2 aromatic rings. The van der Waals surface area contributed by atoms with Crippen LogP contribution in [0.2, 0.25) is 0 Å². The van der Waals surface area contributed by atoms with Crippen LogP contribution in [0, 0.1) is 5.92 Å². The van der Waals surface area contributed by atoms with Crippen molar-refractivity contribution in [2.75, 3.05) is 19.7 Å². The van der Waals surface area contributed by atoms with Crippen LogP contribution in [0.3, 0.4) is 0 Å². The summed E-state index contributed by atoms with van der Waals surface area (Å²) in [4.78, 5) is 27.0. The van der Waals surface area contributed by atoms with Gasteiger partial charge in [0, 0.05) is 24.6 Å². The van der Waals surface area contributed by atoms with Crippen LogP contribution >= 0.6 is 0 Å². The molecule has 0 saturated carbocycles. The van der Waals surface area contributed by atoms with Crippen molar-refractivity contribution in [2.24, 2.45) is 5.92 Å². The number of ether oxygens (including phenoxy) is 1. The molecule has 4 nitrogen and oxygen atoms in total. The first-order chi connectivity index (χ1) is 13.6. The topological polar surface area (TPSA) is 46.6 Å². The smallest absolute Gasteiger partial charge is 0.260 e. The Balaban J connectivity index is 1.52. The highest BCUT2D eigenvalue weighted by molar-refractivity contribution is 5.98. The van der Waals surface area contributed by atoms with E-state index in [4.69, 9.17) is 4.74 Å². The van der Waals surface area contributed by atoms with Gasteiger partial charge in [-0.25, -0.2) is 0 Å². The van der Waals surface area contributed by atoms with E-state index in [1.165, 1.54) is 0 Å². The Labute approximate surface area is 167 Å². The summed E-state index contributed by atoms with van der Waals surface area (Å²) in [7, 11) is 0. The minimum atomic E-state index is -0.00966. The molecule has 1 amide bonds. The molecular weight excluding hydrogens is 350 g/mol. The van der Waals surface area contributed by atoms with Gasteiger partial charge in [-0.2, -0.15) is 0 Å². The molecule has 28 heavy (non-hydrogen) atoms. The average Bonchev–Trinajstić information content (AvgIpc) is 2.77. The van der Waals surface area contributed by atoms with Gasteiger partial charge in [-0.3, -0.25) is 9.59 Å². The minimum Gasteiger partial charge on any atom is -0.483 e. The fraction of sp³-hybridized carbons (Fsp3) is 0.417. The minimum absolute atomic E-state index is 0.00139. The van der Waals surface area contributed by atoms with Crippen LogP contribution in [0.1, 0.15) is 54.9 Å². The number of para-hydroxylation sites is 1. The number of amides is 1. The normalized spacial score (nSPS) is 15.9. The Morgan fingerprint density at radius 2 is 1.68 bits per heavy atom. The van der Waals surface area contributed by atoms with Crippen molar-refractivity contribution >= 4 is 11.7 Å². The van der Waals surface area contributed by atoms with Gasteiger partial charge in [-0.15, -0.1) is 0 Å². The highest BCUT2D eigenvalue weighted by atomic mass is 16.5. The summed E-state index contributed by atoms with van der Waals surface area (Å²) in [6.45, 7) is 5.58. The monoisotopic (exact) mass is 379 g/mol. The maximum atomic E-state index is 12.6.